The van der Waals surface area contributed by atoms with E-state index in [4.69, 9.17) is 4.74 Å². The highest BCUT2D eigenvalue weighted by molar-refractivity contribution is 5.97. The van der Waals surface area contributed by atoms with Crippen molar-refractivity contribution in [3.8, 4) is 5.69 Å². The third kappa shape index (κ3) is 3.16. The molecule has 1 aromatic carbocycles. The van der Waals surface area contributed by atoms with Gasteiger partial charge in [0.15, 0.2) is 0 Å². The van der Waals surface area contributed by atoms with Gasteiger partial charge in [0.1, 0.15) is 6.04 Å². The van der Waals surface area contributed by atoms with Crippen LogP contribution < -0.4 is 0 Å². The number of hydrogen-bond donors (Lipinski definition) is 1. The molecule has 1 aliphatic rings. The maximum Gasteiger partial charge on any atom is 0.328 e. The number of likely N-dealkylation sites (tertiary alicyclic amines) is 1. The predicted octanol–water partition coefficient (Wildman–Crippen LogP) is 1.01. The van der Waals surface area contributed by atoms with Crippen LogP contribution >= 0.6 is 0 Å². The van der Waals surface area contributed by atoms with Crippen LogP contribution in [0.5, 0.6) is 0 Å². The summed E-state index contributed by atoms with van der Waals surface area (Å²) < 4.78 is 6.46. The van der Waals surface area contributed by atoms with E-state index in [1.807, 2.05) is 12.3 Å². The number of carbonyl (C=O) groups is 2. The molecule has 126 valence electrons. The lowest BCUT2D eigenvalue weighted by atomic mass is 9.98. The van der Waals surface area contributed by atoms with Crippen molar-refractivity contribution in [3.63, 3.8) is 0 Å². The fourth-order valence-electron chi connectivity index (χ4n) is 2.89. The molecule has 0 saturated carbocycles. The van der Waals surface area contributed by atoms with Gasteiger partial charge >= 0.3 is 5.97 Å². The Morgan fingerprint density at radius 2 is 2.04 bits per heavy atom. The van der Waals surface area contributed by atoms with Crippen molar-refractivity contribution in [2.75, 3.05) is 13.7 Å². The van der Waals surface area contributed by atoms with Crippen molar-refractivity contribution in [3.05, 3.63) is 48.3 Å². The van der Waals surface area contributed by atoms with E-state index in [1.54, 1.807) is 35.1 Å². The number of aliphatic hydroxyl groups is 1. The van der Waals surface area contributed by atoms with Gasteiger partial charge in [-0.05, 0) is 36.8 Å². The van der Waals surface area contributed by atoms with Crippen LogP contribution in [0.15, 0.2) is 42.7 Å². The zero-order chi connectivity index (χ0) is 17.1. The van der Waals surface area contributed by atoms with Gasteiger partial charge < -0.3 is 14.7 Å². The maximum absolute atomic E-state index is 12.7. The normalized spacial score (nSPS) is 20.7. The molecule has 1 N–H and O–H groups in total. The minimum absolute atomic E-state index is 0.198. The van der Waals surface area contributed by atoms with Crippen molar-refractivity contribution in [1.29, 1.82) is 0 Å². The minimum atomic E-state index is -0.753. The molecule has 3 rings (SSSR count). The largest absolute Gasteiger partial charge is 0.467 e. The van der Waals surface area contributed by atoms with E-state index in [1.165, 1.54) is 12.0 Å². The van der Waals surface area contributed by atoms with E-state index < -0.39 is 18.1 Å². The number of carbonyl (C=O) groups excluding carboxylic acids is 2. The SMILES string of the molecule is COC(=O)[C@H]1C[C@@H](O)CCN1C(=O)c1ccc(-n2cccn2)cc1. The molecular formula is C17H19N3O4. The van der Waals surface area contributed by atoms with Gasteiger partial charge in [0.2, 0.25) is 0 Å². The highest BCUT2D eigenvalue weighted by Crippen LogP contribution is 2.22. The Kier molecular flexibility index (Phi) is 4.61. The number of piperidine rings is 1. The molecule has 0 radical (unpaired) electrons. The molecule has 1 aromatic heterocycles. The van der Waals surface area contributed by atoms with Gasteiger partial charge in [0, 0.05) is 30.9 Å². The van der Waals surface area contributed by atoms with Gasteiger partial charge in [-0.3, -0.25) is 4.79 Å². The van der Waals surface area contributed by atoms with Crippen molar-refractivity contribution in [2.45, 2.75) is 25.0 Å². The number of ether oxygens (including phenoxy) is 1. The summed E-state index contributed by atoms with van der Waals surface area (Å²) in [5.74, 6) is -0.750. The molecular weight excluding hydrogens is 310 g/mol. The van der Waals surface area contributed by atoms with Gasteiger partial charge in [0.25, 0.3) is 5.91 Å². The predicted molar refractivity (Wildman–Crippen MR) is 85.6 cm³/mol. The van der Waals surface area contributed by atoms with Crippen molar-refractivity contribution in [1.82, 2.24) is 14.7 Å². The number of benzene rings is 1. The Morgan fingerprint density at radius 3 is 2.67 bits per heavy atom. The Balaban J connectivity index is 1.80. The molecule has 2 heterocycles. The van der Waals surface area contributed by atoms with Crippen molar-refractivity contribution < 1.29 is 19.4 Å². The first-order valence-corrected chi connectivity index (χ1v) is 7.77. The zero-order valence-corrected chi connectivity index (χ0v) is 13.3. The quantitative estimate of drug-likeness (QED) is 0.850. The standard InChI is InChI=1S/C17H19N3O4/c1-24-17(23)15-11-14(21)7-10-19(15)16(22)12-3-5-13(6-4-12)20-9-2-8-18-20/h2-6,8-9,14-15,21H,7,10-11H2,1H3/t14-,15+/m0/s1. The highest BCUT2D eigenvalue weighted by atomic mass is 16.5. The number of esters is 1. The first-order chi connectivity index (χ1) is 11.6. The summed E-state index contributed by atoms with van der Waals surface area (Å²) in [6.45, 7) is 0.320. The van der Waals surface area contributed by atoms with E-state index in [2.05, 4.69) is 5.10 Å². The van der Waals surface area contributed by atoms with Crippen LogP contribution in [0.4, 0.5) is 0 Å². The maximum atomic E-state index is 12.7. The molecule has 0 spiro atoms. The van der Waals surface area contributed by atoms with E-state index in [0.29, 0.717) is 18.5 Å². The highest BCUT2D eigenvalue weighted by Gasteiger charge is 2.36. The van der Waals surface area contributed by atoms with Gasteiger partial charge in [-0.2, -0.15) is 5.10 Å². The number of aliphatic hydroxyl groups excluding tert-OH is 1. The van der Waals surface area contributed by atoms with Gasteiger partial charge in [-0.15, -0.1) is 0 Å². The molecule has 2 aromatic rings. The fraction of sp³-hybridized carbons (Fsp3) is 0.353. The summed E-state index contributed by atoms with van der Waals surface area (Å²) in [6.07, 6.45) is 3.55. The van der Waals surface area contributed by atoms with Crippen LogP contribution in [0, 0.1) is 0 Å². The van der Waals surface area contributed by atoms with Crippen LogP contribution in [0.1, 0.15) is 23.2 Å². The average Bonchev–Trinajstić information content (AvgIpc) is 3.15. The monoisotopic (exact) mass is 329 g/mol. The number of hydrogen-bond acceptors (Lipinski definition) is 5. The van der Waals surface area contributed by atoms with Crippen LogP contribution in [0.2, 0.25) is 0 Å². The lowest BCUT2D eigenvalue weighted by Gasteiger charge is -2.36. The summed E-state index contributed by atoms with van der Waals surface area (Å²) in [5.41, 5.74) is 1.33. The Bertz CT molecular complexity index is 712. The summed E-state index contributed by atoms with van der Waals surface area (Å²) in [5, 5.41) is 13.9. The van der Waals surface area contributed by atoms with Crippen molar-refractivity contribution in [2.24, 2.45) is 0 Å². The number of aromatic nitrogens is 2. The van der Waals surface area contributed by atoms with Crippen LogP contribution in [-0.4, -0.2) is 57.5 Å². The Hall–Kier alpha value is -2.67. The topological polar surface area (TPSA) is 84.7 Å². The van der Waals surface area contributed by atoms with E-state index in [-0.39, 0.29) is 12.3 Å². The Labute approximate surface area is 139 Å². The molecule has 1 amide bonds. The van der Waals surface area contributed by atoms with Gasteiger partial charge in [-0.1, -0.05) is 0 Å². The van der Waals surface area contributed by atoms with Crippen LogP contribution in [0.25, 0.3) is 5.69 Å². The van der Waals surface area contributed by atoms with Crippen molar-refractivity contribution >= 4 is 11.9 Å². The summed E-state index contributed by atoms with van der Waals surface area (Å²) in [7, 11) is 1.28. The molecule has 7 heteroatoms. The van der Waals surface area contributed by atoms with Crippen LogP contribution in [0.3, 0.4) is 0 Å². The zero-order valence-electron chi connectivity index (χ0n) is 13.3. The number of methoxy groups -OCH3 is 1. The second-order valence-electron chi connectivity index (χ2n) is 5.71. The molecule has 1 fully saturated rings. The lowest BCUT2D eigenvalue weighted by molar-refractivity contribution is -0.148. The number of rotatable bonds is 3. The second-order valence-corrected chi connectivity index (χ2v) is 5.71. The smallest absolute Gasteiger partial charge is 0.328 e. The molecule has 7 nitrogen and oxygen atoms in total. The fourth-order valence-corrected chi connectivity index (χ4v) is 2.89. The third-order valence-electron chi connectivity index (χ3n) is 4.19. The molecule has 24 heavy (non-hydrogen) atoms. The molecule has 0 bridgehead atoms. The number of amides is 1. The van der Waals surface area contributed by atoms with E-state index in [0.717, 1.165) is 5.69 Å². The lowest BCUT2D eigenvalue weighted by Crippen LogP contribution is -2.51. The van der Waals surface area contributed by atoms with Gasteiger partial charge in [0.05, 0.1) is 18.9 Å². The molecule has 1 aliphatic heterocycles. The summed E-state index contributed by atoms with van der Waals surface area (Å²) >= 11 is 0. The molecule has 0 aliphatic carbocycles. The average molecular weight is 329 g/mol. The third-order valence-corrected chi connectivity index (χ3v) is 4.19. The summed E-state index contributed by atoms with van der Waals surface area (Å²) in [4.78, 5) is 26.2. The van der Waals surface area contributed by atoms with E-state index >= 15 is 0 Å². The molecule has 0 unspecified atom stereocenters. The summed E-state index contributed by atoms with van der Waals surface area (Å²) in [6, 6.07) is 8.08. The first kappa shape index (κ1) is 16.2. The second kappa shape index (κ2) is 6.84. The molecule has 2 atom stereocenters. The minimum Gasteiger partial charge on any atom is -0.467 e. The van der Waals surface area contributed by atoms with Crippen LogP contribution in [-0.2, 0) is 9.53 Å². The molecule has 1 saturated heterocycles. The van der Waals surface area contributed by atoms with Gasteiger partial charge in [-0.25, -0.2) is 9.48 Å². The van der Waals surface area contributed by atoms with E-state index in [9.17, 15) is 14.7 Å². The number of nitrogens with zero attached hydrogens (tertiary/aromatic N) is 3. The Morgan fingerprint density at radius 1 is 1.29 bits per heavy atom. The first-order valence-electron chi connectivity index (χ1n) is 7.77.